The Morgan fingerprint density at radius 1 is 1.37 bits per heavy atom. The van der Waals surface area contributed by atoms with Crippen LogP contribution in [0.1, 0.15) is 16.3 Å². The van der Waals surface area contributed by atoms with Crippen LogP contribution in [0, 0.1) is 0 Å². The standard InChI is InChI=1S/C10H10N8O/c11-5-1-2-7-6(3-5)9(16-13-7)10(19)12-4-8-14-17-18-15-8/h1-3H,4,11H2,(H,12,19)(H,13,16)(H,14,15,17,18). The van der Waals surface area contributed by atoms with Crippen molar-refractivity contribution >= 4 is 22.5 Å². The van der Waals surface area contributed by atoms with Gasteiger partial charge in [0.25, 0.3) is 5.91 Å². The summed E-state index contributed by atoms with van der Waals surface area (Å²) in [7, 11) is 0. The molecule has 0 bridgehead atoms. The van der Waals surface area contributed by atoms with Gasteiger partial charge in [0.15, 0.2) is 11.5 Å². The number of carbonyl (C=O) groups is 1. The van der Waals surface area contributed by atoms with Gasteiger partial charge in [-0.05, 0) is 18.2 Å². The van der Waals surface area contributed by atoms with Gasteiger partial charge in [-0.25, -0.2) is 0 Å². The third-order valence-corrected chi connectivity index (χ3v) is 2.60. The van der Waals surface area contributed by atoms with Gasteiger partial charge < -0.3 is 11.1 Å². The lowest BCUT2D eigenvalue weighted by molar-refractivity contribution is 0.0946. The third kappa shape index (κ3) is 2.08. The molecule has 0 spiro atoms. The van der Waals surface area contributed by atoms with Gasteiger partial charge in [0.1, 0.15) is 0 Å². The molecule has 0 saturated heterocycles. The minimum Gasteiger partial charge on any atom is -0.399 e. The summed E-state index contributed by atoms with van der Waals surface area (Å²) >= 11 is 0. The SMILES string of the molecule is Nc1ccc2[nH]nc(C(=O)NCc3nn[nH]n3)c2c1. The van der Waals surface area contributed by atoms with Crippen molar-refractivity contribution in [1.82, 2.24) is 36.1 Å². The summed E-state index contributed by atoms with van der Waals surface area (Å²) < 4.78 is 0. The van der Waals surface area contributed by atoms with Gasteiger partial charge in [-0.1, -0.05) is 5.21 Å². The monoisotopic (exact) mass is 258 g/mol. The number of nitrogen functional groups attached to an aromatic ring is 1. The van der Waals surface area contributed by atoms with E-state index in [2.05, 4.69) is 36.1 Å². The number of nitrogens with zero attached hydrogens (tertiary/aromatic N) is 4. The van der Waals surface area contributed by atoms with Crippen molar-refractivity contribution < 1.29 is 4.79 Å². The van der Waals surface area contributed by atoms with E-state index in [4.69, 9.17) is 5.73 Å². The number of benzene rings is 1. The molecule has 0 unspecified atom stereocenters. The van der Waals surface area contributed by atoms with E-state index in [1.807, 2.05) is 0 Å². The fourth-order valence-corrected chi connectivity index (χ4v) is 1.71. The fraction of sp³-hybridized carbons (Fsp3) is 0.100. The zero-order chi connectivity index (χ0) is 13.2. The summed E-state index contributed by atoms with van der Waals surface area (Å²) in [6, 6.07) is 5.21. The van der Waals surface area contributed by atoms with Crippen molar-refractivity contribution in [3.8, 4) is 0 Å². The van der Waals surface area contributed by atoms with Crippen molar-refractivity contribution in [3.05, 3.63) is 29.7 Å². The topological polar surface area (TPSA) is 138 Å². The van der Waals surface area contributed by atoms with E-state index >= 15 is 0 Å². The number of hydrogen-bond acceptors (Lipinski definition) is 6. The molecule has 0 radical (unpaired) electrons. The molecule has 3 aromatic rings. The number of tetrazole rings is 1. The molecular weight excluding hydrogens is 248 g/mol. The van der Waals surface area contributed by atoms with Gasteiger partial charge in [-0.3, -0.25) is 9.89 Å². The molecule has 0 atom stereocenters. The Kier molecular flexibility index (Phi) is 2.56. The molecule has 0 aliphatic heterocycles. The van der Waals surface area contributed by atoms with Crippen LogP contribution in [0.5, 0.6) is 0 Å². The van der Waals surface area contributed by atoms with E-state index in [9.17, 15) is 4.79 Å². The van der Waals surface area contributed by atoms with Gasteiger partial charge in [-0.2, -0.15) is 10.3 Å². The predicted octanol–water partition coefficient (Wildman–Crippen LogP) is -0.412. The van der Waals surface area contributed by atoms with E-state index in [0.717, 1.165) is 5.52 Å². The van der Waals surface area contributed by atoms with Crippen LogP contribution in [0.15, 0.2) is 18.2 Å². The van der Waals surface area contributed by atoms with Crippen LogP contribution in [0.25, 0.3) is 10.9 Å². The van der Waals surface area contributed by atoms with Crippen LogP contribution >= 0.6 is 0 Å². The minimum atomic E-state index is -0.332. The highest BCUT2D eigenvalue weighted by Gasteiger charge is 2.14. The maximum Gasteiger partial charge on any atom is 0.272 e. The predicted molar refractivity (Wildman–Crippen MR) is 65.9 cm³/mol. The molecule has 0 aliphatic rings. The summed E-state index contributed by atoms with van der Waals surface area (Å²) in [5.41, 5.74) is 7.30. The summed E-state index contributed by atoms with van der Waals surface area (Å²) in [5, 5.41) is 23.3. The molecule has 1 aromatic carbocycles. The Hall–Kier alpha value is -2.97. The van der Waals surface area contributed by atoms with E-state index in [1.54, 1.807) is 18.2 Å². The Balaban J connectivity index is 1.83. The molecule has 0 aliphatic carbocycles. The average Bonchev–Trinajstić information content (AvgIpc) is 3.04. The van der Waals surface area contributed by atoms with Gasteiger partial charge >= 0.3 is 0 Å². The number of amides is 1. The second-order valence-corrected chi connectivity index (χ2v) is 3.89. The van der Waals surface area contributed by atoms with Crippen LogP contribution in [0.2, 0.25) is 0 Å². The lowest BCUT2D eigenvalue weighted by Gasteiger charge is -2.00. The molecule has 19 heavy (non-hydrogen) atoms. The lowest BCUT2D eigenvalue weighted by Crippen LogP contribution is -2.24. The summed E-state index contributed by atoms with van der Waals surface area (Å²) in [5.74, 6) is 0.0642. The van der Waals surface area contributed by atoms with E-state index in [-0.39, 0.29) is 18.1 Å². The van der Waals surface area contributed by atoms with Gasteiger partial charge in [0.05, 0.1) is 12.1 Å². The first-order chi connectivity index (χ1) is 9.24. The molecule has 9 heteroatoms. The molecule has 96 valence electrons. The normalized spacial score (nSPS) is 10.7. The van der Waals surface area contributed by atoms with E-state index in [1.165, 1.54) is 0 Å². The van der Waals surface area contributed by atoms with Gasteiger partial charge in [-0.15, -0.1) is 10.2 Å². The summed E-state index contributed by atoms with van der Waals surface area (Å²) in [4.78, 5) is 12.0. The van der Waals surface area contributed by atoms with Crippen LogP contribution in [-0.2, 0) is 6.54 Å². The van der Waals surface area contributed by atoms with Crippen molar-refractivity contribution in [2.24, 2.45) is 0 Å². The third-order valence-electron chi connectivity index (χ3n) is 2.60. The van der Waals surface area contributed by atoms with E-state index < -0.39 is 0 Å². The Labute approximate surface area is 106 Å². The van der Waals surface area contributed by atoms with Crippen molar-refractivity contribution in [2.75, 3.05) is 5.73 Å². The summed E-state index contributed by atoms with van der Waals surface area (Å²) in [6.45, 7) is 0.173. The lowest BCUT2D eigenvalue weighted by atomic mass is 10.2. The number of anilines is 1. The molecule has 2 heterocycles. The van der Waals surface area contributed by atoms with Crippen molar-refractivity contribution in [2.45, 2.75) is 6.54 Å². The molecule has 0 saturated carbocycles. The number of nitrogens with two attached hydrogens (primary N) is 1. The first kappa shape index (κ1) is 11.1. The van der Waals surface area contributed by atoms with Crippen LogP contribution in [0.4, 0.5) is 5.69 Å². The molecule has 1 amide bonds. The number of aromatic nitrogens is 6. The first-order valence-electron chi connectivity index (χ1n) is 5.48. The van der Waals surface area contributed by atoms with Crippen molar-refractivity contribution in [1.29, 1.82) is 0 Å². The maximum atomic E-state index is 12.0. The second-order valence-electron chi connectivity index (χ2n) is 3.89. The fourth-order valence-electron chi connectivity index (χ4n) is 1.71. The molecule has 5 N–H and O–H groups in total. The number of fused-ring (bicyclic) bond motifs is 1. The Morgan fingerprint density at radius 2 is 2.26 bits per heavy atom. The number of nitrogens with one attached hydrogen (secondary N) is 3. The number of H-pyrrole nitrogens is 2. The van der Waals surface area contributed by atoms with Gasteiger partial charge in [0.2, 0.25) is 0 Å². The zero-order valence-corrected chi connectivity index (χ0v) is 9.71. The highest BCUT2D eigenvalue weighted by atomic mass is 16.1. The number of aromatic amines is 2. The largest absolute Gasteiger partial charge is 0.399 e. The smallest absolute Gasteiger partial charge is 0.272 e. The Morgan fingerprint density at radius 3 is 3.05 bits per heavy atom. The van der Waals surface area contributed by atoms with Crippen molar-refractivity contribution in [3.63, 3.8) is 0 Å². The molecule has 0 fully saturated rings. The highest BCUT2D eigenvalue weighted by molar-refractivity contribution is 6.05. The molecule has 2 aromatic heterocycles. The highest BCUT2D eigenvalue weighted by Crippen LogP contribution is 2.18. The van der Waals surface area contributed by atoms with Gasteiger partial charge in [0, 0.05) is 11.1 Å². The van der Waals surface area contributed by atoms with E-state index in [0.29, 0.717) is 16.9 Å². The molecule has 3 rings (SSSR count). The zero-order valence-electron chi connectivity index (χ0n) is 9.71. The molecule has 9 nitrogen and oxygen atoms in total. The number of hydrogen-bond donors (Lipinski definition) is 4. The van der Waals surface area contributed by atoms with Crippen LogP contribution in [-0.4, -0.2) is 36.7 Å². The number of carbonyl (C=O) groups excluding carboxylic acids is 1. The maximum absolute atomic E-state index is 12.0. The Bertz CT molecular complexity index is 716. The minimum absolute atomic E-state index is 0.173. The molecular formula is C10H10N8O. The number of rotatable bonds is 3. The summed E-state index contributed by atoms with van der Waals surface area (Å²) in [6.07, 6.45) is 0. The first-order valence-corrected chi connectivity index (χ1v) is 5.48. The van der Waals surface area contributed by atoms with Crippen LogP contribution in [0.3, 0.4) is 0 Å². The second kappa shape index (κ2) is 4.37. The average molecular weight is 258 g/mol. The quantitative estimate of drug-likeness (QED) is 0.471. The van der Waals surface area contributed by atoms with Crippen LogP contribution < -0.4 is 11.1 Å².